The molecule has 78 valence electrons. The number of nitrogens with one attached hydrogen (secondary N) is 1. The second kappa shape index (κ2) is 3.62. The van der Waals surface area contributed by atoms with Gasteiger partial charge in [0.25, 0.3) is 9.05 Å². The maximum absolute atomic E-state index is 11.1. The van der Waals surface area contributed by atoms with Crippen molar-refractivity contribution in [3.8, 4) is 0 Å². The third kappa shape index (κ3) is 1.91. The van der Waals surface area contributed by atoms with Crippen LogP contribution in [0.4, 0.5) is 0 Å². The summed E-state index contributed by atoms with van der Waals surface area (Å²) in [7, 11) is 2.48. The number of hydrogen-bond donors (Lipinski definition) is 1. The van der Waals surface area contributed by atoms with Crippen molar-refractivity contribution in [3.63, 3.8) is 0 Å². The molecule has 1 aromatic rings. The Morgan fingerprint density at radius 1 is 1.57 bits per heavy atom. The molecule has 7 heteroatoms. The second-order valence-electron chi connectivity index (χ2n) is 2.59. The fraction of sp³-hybridized carbons (Fsp3) is 0.286. The molecule has 0 fully saturated rings. The molecule has 1 aromatic heterocycles. The van der Waals surface area contributed by atoms with E-state index in [1.807, 2.05) is 0 Å². The van der Waals surface area contributed by atoms with Crippen LogP contribution in [0.15, 0.2) is 11.2 Å². The van der Waals surface area contributed by atoms with Gasteiger partial charge in [-0.25, -0.2) is 13.2 Å². The van der Waals surface area contributed by atoms with E-state index < -0.39 is 15.0 Å². The number of esters is 1. The molecule has 5 nitrogen and oxygen atoms in total. The fourth-order valence-electron chi connectivity index (χ4n) is 1.05. The maximum atomic E-state index is 11.1. The van der Waals surface area contributed by atoms with E-state index in [0.29, 0.717) is 0 Å². The van der Waals surface area contributed by atoms with Gasteiger partial charge in [-0.2, -0.15) is 0 Å². The van der Waals surface area contributed by atoms with Crippen LogP contribution in [0.5, 0.6) is 0 Å². The van der Waals surface area contributed by atoms with Crippen LogP contribution in [-0.4, -0.2) is 26.5 Å². The first-order chi connectivity index (χ1) is 6.38. The van der Waals surface area contributed by atoms with Gasteiger partial charge in [-0.15, -0.1) is 0 Å². The average Bonchev–Trinajstić information content (AvgIpc) is 2.45. The highest BCUT2D eigenvalue weighted by Crippen LogP contribution is 2.21. The molecule has 0 saturated heterocycles. The van der Waals surface area contributed by atoms with Crippen LogP contribution in [0.25, 0.3) is 0 Å². The quantitative estimate of drug-likeness (QED) is 0.616. The molecule has 0 bridgehead atoms. The predicted molar refractivity (Wildman–Crippen MR) is 49.9 cm³/mol. The first kappa shape index (κ1) is 11.1. The summed E-state index contributed by atoms with van der Waals surface area (Å²) in [5, 5.41) is -0.181. The van der Waals surface area contributed by atoms with Crippen LogP contribution in [0.2, 0.25) is 0 Å². The molecule has 0 spiro atoms. The van der Waals surface area contributed by atoms with E-state index in [-0.39, 0.29) is 16.2 Å². The topological polar surface area (TPSA) is 76.2 Å². The minimum absolute atomic E-state index is 0.159. The van der Waals surface area contributed by atoms with Crippen LogP contribution in [0, 0.1) is 6.92 Å². The zero-order valence-electron chi connectivity index (χ0n) is 7.50. The number of rotatable bonds is 2. The van der Waals surface area contributed by atoms with E-state index in [1.54, 1.807) is 0 Å². The normalized spacial score (nSPS) is 11.4. The molecule has 1 N–H and O–H groups in total. The van der Waals surface area contributed by atoms with Crippen LogP contribution < -0.4 is 0 Å². The van der Waals surface area contributed by atoms with Crippen molar-refractivity contribution in [1.29, 1.82) is 0 Å². The van der Waals surface area contributed by atoms with Crippen molar-refractivity contribution in [2.45, 2.75) is 11.9 Å². The lowest BCUT2D eigenvalue weighted by Gasteiger charge is -1.97. The minimum atomic E-state index is -3.85. The van der Waals surface area contributed by atoms with Crippen LogP contribution >= 0.6 is 10.7 Å². The van der Waals surface area contributed by atoms with Gasteiger partial charge in [0.05, 0.1) is 12.7 Å². The highest BCUT2D eigenvalue weighted by atomic mass is 35.7. The molecule has 0 radical (unpaired) electrons. The first-order valence-electron chi connectivity index (χ1n) is 3.59. The molecule has 0 atom stereocenters. The Labute approximate surface area is 85.4 Å². The van der Waals surface area contributed by atoms with Gasteiger partial charge in [0.15, 0.2) is 5.03 Å². The Hall–Kier alpha value is -1.01. The maximum Gasteiger partial charge on any atom is 0.339 e. The lowest BCUT2D eigenvalue weighted by Crippen LogP contribution is -2.02. The number of ether oxygens (including phenoxy) is 1. The first-order valence-corrected chi connectivity index (χ1v) is 5.89. The third-order valence-electron chi connectivity index (χ3n) is 1.74. The lowest BCUT2D eigenvalue weighted by atomic mass is 10.2. The molecule has 0 amide bonds. The Bertz CT molecular complexity index is 462. The number of hydrogen-bond acceptors (Lipinski definition) is 4. The van der Waals surface area contributed by atoms with Gasteiger partial charge in [0, 0.05) is 22.4 Å². The van der Waals surface area contributed by atoms with Crippen LogP contribution in [0.1, 0.15) is 15.9 Å². The summed E-state index contributed by atoms with van der Waals surface area (Å²) in [6.07, 6.45) is 1.25. The average molecular weight is 238 g/mol. The highest BCUT2D eigenvalue weighted by Gasteiger charge is 2.21. The van der Waals surface area contributed by atoms with E-state index in [2.05, 4.69) is 9.72 Å². The number of H-pyrrole nitrogens is 1. The van der Waals surface area contributed by atoms with Gasteiger partial charge in [-0.1, -0.05) is 0 Å². The number of carbonyl (C=O) groups is 1. The zero-order valence-corrected chi connectivity index (χ0v) is 9.07. The summed E-state index contributed by atoms with van der Waals surface area (Å²) < 4.78 is 26.4. The zero-order chi connectivity index (χ0) is 10.9. The van der Waals surface area contributed by atoms with Crippen molar-refractivity contribution in [3.05, 3.63) is 17.3 Å². The smallest absolute Gasteiger partial charge is 0.339 e. The Balaban J connectivity index is 3.29. The third-order valence-corrected chi connectivity index (χ3v) is 3.12. The van der Waals surface area contributed by atoms with Gasteiger partial charge in [0.2, 0.25) is 0 Å². The Morgan fingerprint density at radius 2 is 2.14 bits per heavy atom. The molecule has 1 rings (SSSR count). The van der Waals surface area contributed by atoms with Crippen molar-refractivity contribution in [1.82, 2.24) is 4.98 Å². The van der Waals surface area contributed by atoms with Gasteiger partial charge in [0.1, 0.15) is 0 Å². The summed E-state index contributed by atoms with van der Waals surface area (Å²) in [5.41, 5.74) is 0.415. The monoisotopic (exact) mass is 237 g/mol. The minimum Gasteiger partial charge on any atom is -0.465 e. The number of aromatic amines is 1. The molecule has 0 unspecified atom stereocenters. The summed E-state index contributed by atoms with van der Waals surface area (Å²) in [5.74, 6) is -0.606. The van der Waals surface area contributed by atoms with Crippen molar-refractivity contribution < 1.29 is 17.9 Å². The van der Waals surface area contributed by atoms with Crippen molar-refractivity contribution >= 4 is 25.7 Å². The highest BCUT2D eigenvalue weighted by molar-refractivity contribution is 8.13. The number of methoxy groups -OCH3 is 1. The van der Waals surface area contributed by atoms with Gasteiger partial charge in [-0.3, -0.25) is 0 Å². The molecular formula is C7H8ClNO4S. The molecule has 0 aromatic carbocycles. The lowest BCUT2D eigenvalue weighted by molar-refractivity contribution is 0.0600. The number of aromatic nitrogens is 1. The van der Waals surface area contributed by atoms with Gasteiger partial charge in [-0.05, 0) is 6.92 Å². The Kier molecular flexibility index (Phi) is 2.86. The molecule has 0 aliphatic rings. The van der Waals surface area contributed by atoms with E-state index in [4.69, 9.17) is 10.7 Å². The van der Waals surface area contributed by atoms with Crippen molar-refractivity contribution in [2.75, 3.05) is 7.11 Å². The molecule has 14 heavy (non-hydrogen) atoms. The van der Waals surface area contributed by atoms with E-state index in [0.717, 1.165) is 0 Å². The molecular weight excluding hydrogens is 230 g/mol. The molecule has 0 aliphatic carbocycles. The predicted octanol–water partition coefficient (Wildman–Crippen LogP) is 1.04. The number of halogens is 1. The summed E-state index contributed by atoms with van der Waals surface area (Å²) in [6, 6.07) is 0. The van der Waals surface area contributed by atoms with Crippen LogP contribution in [0.3, 0.4) is 0 Å². The molecule has 0 saturated carbocycles. The summed E-state index contributed by atoms with van der Waals surface area (Å²) in [6.45, 7) is 1.47. The van der Waals surface area contributed by atoms with Crippen molar-refractivity contribution in [2.24, 2.45) is 0 Å². The van der Waals surface area contributed by atoms with Crippen LogP contribution in [-0.2, 0) is 13.8 Å². The largest absolute Gasteiger partial charge is 0.465 e. The molecule has 0 aliphatic heterocycles. The fourth-order valence-corrected chi connectivity index (χ4v) is 2.21. The van der Waals surface area contributed by atoms with E-state index in [1.165, 1.54) is 20.2 Å². The van der Waals surface area contributed by atoms with Gasteiger partial charge >= 0.3 is 5.97 Å². The SMILES string of the molecule is COC(=O)c1c[nH]c(S(=O)(=O)Cl)c1C. The molecule has 1 heterocycles. The standard InChI is InChI=1S/C7H8ClNO4S/c1-4-5(7(10)13-2)3-9-6(4)14(8,11)12/h3,9H,1-2H3. The van der Waals surface area contributed by atoms with E-state index >= 15 is 0 Å². The number of carbonyl (C=O) groups excluding carboxylic acids is 1. The van der Waals surface area contributed by atoms with E-state index in [9.17, 15) is 13.2 Å². The van der Waals surface area contributed by atoms with Gasteiger partial charge < -0.3 is 9.72 Å². The second-order valence-corrected chi connectivity index (χ2v) is 5.09. The summed E-state index contributed by atoms with van der Waals surface area (Å²) >= 11 is 0. The Morgan fingerprint density at radius 3 is 2.50 bits per heavy atom. The summed E-state index contributed by atoms with van der Waals surface area (Å²) in [4.78, 5) is 13.5.